The third-order valence-corrected chi connectivity index (χ3v) is 7.97. The number of alkyl halides is 3. The molecule has 1 aliphatic rings. The molecule has 0 aliphatic heterocycles. The van der Waals surface area contributed by atoms with E-state index in [4.69, 9.17) is 9.79 Å². The van der Waals surface area contributed by atoms with Gasteiger partial charge < -0.3 is 25.2 Å². The lowest BCUT2D eigenvalue weighted by Crippen LogP contribution is -2.29. The van der Waals surface area contributed by atoms with Gasteiger partial charge in [0.15, 0.2) is 5.75 Å². The Hall–Kier alpha value is -2.13. The van der Waals surface area contributed by atoms with E-state index in [9.17, 15) is 22.1 Å². The second-order valence-corrected chi connectivity index (χ2v) is 11.8. The predicted octanol–water partition coefficient (Wildman–Crippen LogP) is 6.87. The maximum atomic E-state index is 13.5. The highest BCUT2D eigenvalue weighted by atomic mass is 31.2. The topological polar surface area (TPSA) is 90.8 Å². The molecule has 38 heavy (non-hydrogen) atoms. The summed E-state index contributed by atoms with van der Waals surface area (Å²) in [5, 5.41) is 6.05. The number of ether oxygens (including phenoxy) is 1. The molecule has 1 saturated carbocycles. The fraction of sp³-hybridized carbons (Fsp3) is 0.556. The van der Waals surface area contributed by atoms with Gasteiger partial charge in [0.25, 0.3) is 0 Å². The van der Waals surface area contributed by atoms with Crippen LogP contribution in [0.15, 0.2) is 42.5 Å². The monoisotopic (exact) mass is 560 g/mol. The smallest absolute Gasteiger partial charge is 0.404 e. The molecule has 2 aromatic carbocycles. The molecule has 0 aromatic heterocycles. The Morgan fingerprint density at radius 2 is 1.66 bits per heavy atom. The standard InChI is InChI=1S/C27H37F4N2O4P/c28-23-10-8-22(9-11-23)26(13-2-1-3-14-26)15-4-5-17-33-24-12-7-21(19-25(24)37-27(29,30)31)20-32-16-6-18-38(34,35)36/h7-12,19,32-33H,1-6,13-18,20H2,(H2,34,35,36). The van der Waals surface area contributed by atoms with Crippen LogP contribution in [-0.2, 0) is 16.5 Å². The van der Waals surface area contributed by atoms with Crippen LogP contribution in [0, 0.1) is 5.82 Å². The lowest BCUT2D eigenvalue weighted by atomic mass is 9.67. The van der Waals surface area contributed by atoms with Crippen LogP contribution in [0.4, 0.5) is 23.2 Å². The Labute approximate surface area is 221 Å². The summed E-state index contributed by atoms with van der Waals surface area (Å²) in [5.41, 5.74) is 2.00. The minimum Gasteiger partial charge on any atom is -0.404 e. The molecule has 0 bridgehead atoms. The quantitative estimate of drug-likeness (QED) is 0.115. The third-order valence-electron chi connectivity index (χ3n) is 7.07. The van der Waals surface area contributed by atoms with Gasteiger partial charge in [-0.2, -0.15) is 0 Å². The number of rotatable bonds is 14. The highest BCUT2D eigenvalue weighted by molar-refractivity contribution is 7.51. The first-order valence-corrected chi connectivity index (χ1v) is 14.9. The number of halogens is 4. The number of anilines is 1. The molecule has 1 aliphatic carbocycles. The van der Waals surface area contributed by atoms with Crippen molar-refractivity contribution in [3.8, 4) is 5.75 Å². The van der Waals surface area contributed by atoms with Crippen molar-refractivity contribution >= 4 is 13.3 Å². The fourth-order valence-electron chi connectivity index (χ4n) is 5.20. The molecule has 0 radical (unpaired) electrons. The normalized spacial score (nSPS) is 15.8. The number of benzene rings is 2. The van der Waals surface area contributed by atoms with E-state index in [-0.39, 0.29) is 41.8 Å². The summed E-state index contributed by atoms with van der Waals surface area (Å²) < 4.78 is 67.7. The van der Waals surface area contributed by atoms with Gasteiger partial charge in [0.2, 0.25) is 0 Å². The lowest BCUT2D eigenvalue weighted by molar-refractivity contribution is -0.274. The molecule has 0 amide bonds. The van der Waals surface area contributed by atoms with Crippen LogP contribution in [0.3, 0.4) is 0 Å². The van der Waals surface area contributed by atoms with E-state index in [1.54, 1.807) is 12.1 Å². The van der Waals surface area contributed by atoms with E-state index in [1.807, 2.05) is 12.1 Å². The molecule has 6 nitrogen and oxygen atoms in total. The molecule has 0 spiro atoms. The number of hydrogen-bond acceptors (Lipinski definition) is 4. The zero-order chi connectivity index (χ0) is 27.7. The minimum absolute atomic E-state index is 0.0242. The SMILES string of the molecule is O=P(O)(O)CCCNCc1ccc(NCCCCC2(c3ccc(F)cc3)CCCCC2)c(OC(F)(F)F)c1. The van der Waals surface area contributed by atoms with Gasteiger partial charge in [0.05, 0.1) is 11.8 Å². The molecule has 2 aromatic rings. The van der Waals surface area contributed by atoms with E-state index in [2.05, 4.69) is 15.4 Å². The van der Waals surface area contributed by atoms with E-state index >= 15 is 0 Å². The van der Waals surface area contributed by atoms with Crippen molar-refractivity contribution in [1.29, 1.82) is 0 Å². The van der Waals surface area contributed by atoms with E-state index in [0.29, 0.717) is 18.7 Å². The van der Waals surface area contributed by atoms with Gasteiger partial charge in [-0.05, 0) is 79.5 Å². The average molecular weight is 561 g/mol. The predicted molar refractivity (Wildman–Crippen MR) is 140 cm³/mol. The average Bonchev–Trinajstić information content (AvgIpc) is 2.84. The number of nitrogens with one attached hydrogen (secondary N) is 2. The van der Waals surface area contributed by atoms with E-state index in [0.717, 1.165) is 44.9 Å². The first-order valence-electron chi connectivity index (χ1n) is 13.1. The van der Waals surface area contributed by atoms with Crippen LogP contribution in [0.5, 0.6) is 5.75 Å². The minimum atomic E-state index is -4.84. The summed E-state index contributed by atoms with van der Waals surface area (Å²) in [6.07, 6.45) is 3.34. The summed E-state index contributed by atoms with van der Waals surface area (Å²) in [6.45, 7) is 1.04. The van der Waals surface area contributed by atoms with Gasteiger partial charge >= 0.3 is 14.0 Å². The van der Waals surface area contributed by atoms with E-state index in [1.165, 1.54) is 30.2 Å². The van der Waals surface area contributed by atoms with Gasteiger partial charge in [0.1, 0.15) is 5.82 Å². The summed E-state index contributed by atoms with van der Waals surface area (Å²) in [6, 6.07) is 11.3. The molecule has 212 valence electrons. The molecule has 0 heterocycles. The highest BCUT2D eigenvalue weighted by Gasteiger charge is 2.34. The molecule has 3 rings (SSSR count). The first kappa shape index (κ1) is 30.4. The Morgan fingerprint density at radius 1 is 0.947 bits per heavy atom. The van der Waals surface area contributed by atoms with Crippen LogP contribution in [0.2, 0.25) is 0 Å². The number of hydrogen-bond donors (Lipinski definition) is 4. The van der Waals surface area contributed by atoms with Crippen molar-refractivity contribution in [1.82, 2.24) is 5.32 Å². The molecular weight excluding hydrogens is 523 g/mol. The van der Waals surface area contributed by atoms with Crippen LogP contribution < -0.4 is 15.4 Å². The van der Waals surface area contributed by atoms with Crippen molar-refractivity contribution in [3.05, 3.63) is 59.4 Å². The Morgan fingerprint density at radius 3 is 2.32 bits per heavy atom. The maximum absolute atomic E-state index is 13.5. The second-order valence-electron chi connectivity index (χ2n) is 10.0. The second kappa shape index (κ2) is 13.8. The Kier molecular flexibility index (Phi) is 11.0. The van der Waals surface area contributed by atoms with Crippen LogP contribution in [0.1, 0.15) is 68.9 Å². The zero-order valence-corrected chi connectivity index (χ0v) is 22.3. The summed E-state index contributed by atoms with van der Waals surface area (Å²) >= 11 is 0. The lowest BCUT2D eigenvalue weighted by Gasteiger charge is -2.38. The summed E-state index contributed by atoms with van der Waals surface area (Å²) in [4.78, 5) is 17.8. The third kappa shape index (κ3) is 10.2. The van der Waals surface area contributed by atoms with Gasteiger partial charge in [-0.25, -0.2) is 4.39 Å². The van der Waals surface area contributed by atoms with E-state index < -0.39 is 14.0 Å². The first-order chi connectivity index (χ1) is 18.0. The molecule has 11 heteroatoms. The zero-order valence-electron chi connectivity index (χ0n) is 21.4. The number of unbranched alkanes of at least 4 members (excludes halogenated alkanes) is 1. The maximum Gasteiger partial charge on any atom is 0.573 e. The fourth-order valence-corrected chi connectivity index (χ4v) is 5.77. The molecule has 0 saturated heterocycles. The molecule has 0 atom stereocenters. The molecule has 4 N–H and O–H groups in total. The van der Waals surface area contributed by atoms with Crippen LogP contribution in [-0.4, -0.2) is 35.4 Å². The van der Waals surface area contributed by atoms with Gasteiger partial charge in [-0.15, -0.1) is 13.2 Å². The summed E-state index contributed by atoms with van der Waals surface area (Å²) in [5.74, 6) is -0.565. The molecule has 1 fully saturated rings. The Bertz CT molecular complexity index is 1050. The largest absolute Gasteiger partial charge is 0.573 e. The van der Waals surface area contributed by atoms with Crippen molar-refractivity contribution in [2.75, 3.05) is 24.6 Å². The van der Waals surface area contributed by atoms with Crippen molar-refractivity contribution < 1.29 is 36.7 Å². The molecular formula is C27H37F4N2O4P. The van der Waals surface area contributed by atoms with Crippen molar-refractivity contribution in [2.24, 2.45) is 0 Å². The van der Waals surface area contributed by atoms with Crippen LogP contribution >= 0.6 is 7.60 Å². The molecule has 0 unspecified atom stereocenters. The summed E-state index contributed by atoms with van der Waals surface area (Å²) in [7, 11) is -4.07. The van der Waals surface area contributed by atoms with Crippen molar-refractivity contribution in [3.63, 3.8) is 0 Å². The highest BCUT2D eigenvalue weighted by Crippen LogP contribution is 2.43. The Balaban J connectivity index is 1.54. The van der Waals surface area contributed by atoms with Gasteiger partial charge in [0, 0.05) is 13.1 Å². The van der Waals surface area contributed by atoms with Crippen molar-refractivity contribution in [2.45, 2.75) is 76.1 Å². The van der Waals surface area contributed by atoms with Gasteiger partial charge in [-0.1, -0.05) is 43.9 Å². The van der Waals surface area contributed by atoms with Crippen LogP contribution in [0.25, 0.3) is 0 Å². The van der Waals surface area contributed by atoms with Gasteiger partial charge in [-0.3, -0.25) is 4.57 Å².